The number of carbonyl (C=O) groups excluding carboxylic acids is 2. The number of rotatable bonds is 3. The van der Waals surface area contributed by atoms with Crippen LogP contribution in [-0.4, -0.2) is 21.0 Å². The molecule has 2 aromatic rings. The zero-order valence-corrected chi connectivity index (χ0v) is 13.3. The Morgan fingerprint density at radius 1 is 1.26 bits per heavy atom. The third-order valence-electron chi connectivity index (χ3n) is 3.18. The van der Waals surface area contributed by atoms with Crippen LogP contribution in [0.3, 0.4) is 0 Å². The summed E-state index contributed by atoms with van der Waals surface area (Å²) in [5.41, 5.74) is 1.10. The summed E-state index contributed by atoms with van der Waals surface area (Å²) in [6.07, 6.45) is 3.17. The van der Waals surface area contributed by atoms with Gasteiger partial charge >= 0.3 is 0 Å². The third-order valence-corrected chi connectivity index (χ3v) is 4.44. The number of benzene rings is 1. The molecule has 0 bridgehead atoms. The molecule has 0 spiro atoms. The van der Waals surface area contributed by atoms with Gasteiger partial charge in [-0.3, -0.25) is 19.5 Å². The lowest BCUT2D eigenvalue weighted by Gasteiger charge is -2.13. The number of nitrogens with zero attached hydrogens (tertiary/aromatic N) is 2. The molecule has 1 aliphatic rings. The van der Waals surface area contributed by atoms with Crippen molar-refractivity contribution in [1.29, 1.82) is 0 Å². The molecule has 1 fully saturated rings. The minimum absolute atomic E-state index is 0.00331. The van der Waals surface area contributed by atoms with Crippen molar-refractivity contribution in [3.05, 3.63) is 69.6 Å². The molecule has 0 radical (unpaired) electrons. The van der Waals surface area contributed by atoms with Crippen LogP contribution in [0.5, 0.6) is 0 Å². The second-order valence-electron chi connectivity index (χ2n) is 4.76. The van der Waals surface area contributed by atoms with Gasteiger partial charge in [0.25, 0.3) is 11.1 Å². The largest absolute Gasteiger partial charge is 0.293 e. The quantitative estimate of drug-likeness (QED) is 0.783. The summed E-state index contributed by atoms with van der Waals surface area (Å²) in [7, 11) is 0. The van der Waals surface area contributed by atoms with Crippen LogP contribution in [0.2, 0.25) is 5.02 Å². The standard InChI is InChI=1S/C16H10ClFN2O2S/c17-13-7-11(18)5-4-10(13)9-20-15(21)14(23-16(20)22)8-12-3-1-2-6-19-12/h1-8H,9H2. The van der Waals surface area contributed by atoms with Crippen LogP contribution in [0.15, 0.2) is 47.5 Å². The highest BCUT2D eigenvalue weighted by Gasteiger charge is 2.35. The molecule has 1 aromatic carbocycles. The summed E-state index contributed by atoms with van der Waals surface area (Å²) < 4.78 is 13.1. The monoisotopic (exact) mass is 348 g/mol. The average Bonchev–Trinajstić information content (AvgIpc) is 2.78. The summed E-state index contributed by atoms with van der Waals surface area (Å²) in [5.74, 6) is -0.881. The van der Waals surface area contributed by atoms with E-state index in [1.54, 1.807) is 30.5 Å². The minimum Gasteiger partial charge on any atom is -0.268 e. The van der Waals surface area contributed by atoms with Crippen molar-refractivity contribution in [2.45, 2.75) is 6.54 Å². The van der Waals surface area contributed by atoms with Gasteiger partial charge in [-0.05, 0) is 47.7 Å². The maximum absolute atomic E-state index is 13.1. The number of amides is 2. The number of carbonyl (C=O) groups is 2. The van der Waals surface area contributed by atoms with Gasteiger partial charge in [-0.2, -0.15) is 0 Å². The number of pyridine rings is 1. The Kier molecular flexibility index (Phi) is 4.45. The molecule has 2 amide bonds. The van der Waals surface area contributed by atoms with Gasteiger partial charge in [-0.25, -0.2) is 4.39 Å². The Hall–Kier alpha value is -2.18. The molecule has 1 aliphatic heterocycles. The Balaban J connectivity index is 1.83. The first-order valence-electron chi connectivity index (χ1n) is 6.65. The topological polar surface area (TPSA) is 50.3 Å². The van der Waals surface area contributed by atoms with Gasteiger partial charge in [-0.15, -0.1) is 0 Å². The van der Waals surface area contributed by atoms with Crippen molar-refractivity contribution in [3.8, 4) is 0 Å². The summed E-state index contributed by atoms with van der Waals surface area (Å²) in [5, 5.41) is -0.213. The van der Waals surface area contributed by atoms with Gasteiger partial charge in [0.05, 0.1) is 17.1 Å². The van der Waals surface area contributed by atoms with Crippen molar-refractivity contribution in [2.75, 3.05) is 0 Å². The van der Waals surface area contributed by atoms with Gasteiger partial charge < -0.3 is 0 Å². The van der Waals surface area contributed by atoms with Crippen LogP contribution in [0.4, 0.5) is 9.18 Å². The highest BCUT2D eigenvalue weighted by Crippen LogP contribution is 2.33. The fourth-order valence-corrected chi connectivity index (χ4v) is 3.10. The summed E-state index contributed by atoms with van der Waals surface area (Å²) in [4.78, 5) is 29.9. The van der Waals surface area contributed by atoms with E-state index in [1.807, 2.05) is 0 Å². The zero-order chi connectivity index (χ0) is 16.4. The summed E-state index contributed by atoms with van der Waals surface area (Å²) in [6, 6.07) is 9.15. The molecule has 1 aromatic heterocycles. The maximum Gasteiger partial charge on any atom is 0.293 e. The van der Waals surface area contributed by atoms with E-state index in [-0.39, 0.29) is 11.6 Å². The molecule has 0 N–H and O–H groups in total. The Bertz CT molecular complexity index is 811. The SMILES string of the molecule is O=C1SC(=Cc2ccccn2)C(=O)N1Cc1ccc(F)cc1Cl. The fourth-order valence-electron chi connectivity index (χ4n) is 2.05. The molecule has 2 heterocycles. The number of thioether (sulfide) groups is 1. The number of hydrogen-bond acceptors (Lipinski definition) is 4. The lowest BCUT2D eigenvalue weighted by molar-refractivity contribution is -0.123. The maximum atomic E-state index is 13.1. The lowest BCUT2D eigenvalue weighted by atomic mass is 10.2. The van der Waals surface area contributed by atoms with Crippen LogP contribution < -0.4 is 0 Å². The van der Waals surface area contributed by atoms with Crippen molar-refractivity contribution < 1.29 is 14.0 Å². The van der Waals surface area contributed by atoms with Crippen LogP contribution in [-0.2, 0) is 11.3 Å². The number of imide groups is 1. The van der Waals surface area contributed by atoms with Gasteiger partial charge in [-0.1, -0.05) is 23.7 Å². The van der Waals surface area contributed by atoms with E-state index in [2.05, 4.69) is 4.98 Å². The highest BCUT2D eigenvalue weighted by molar-refractivity contribution is 8.18. The Labute approximate surface area is 141 Å². The van der Waals surface area contributed by atoms with Gasteiger partial charge in [0.15, 0.2) is 0 Å². The molecular weight excluding hydrogens is 339 g/mol. The second-order valence-corrected chi connectivity index (χ2v) is 6.16. The van der Waals surface area contributed by atoms with E-state index < -0.39 is 17.0 Å². The molecule has 0 aliphatic carbocycles. The van der Waals surface area contributed by atoms with Gasteiger partial charge in [0.2, 0.25) is 0 Å². The molecule has 4 nitrogen and oxygen atoms in total. The summed E-state index contributed by atoms with van der Waals surface area (Å²) >= 11 is 6.80. The van der Waals surface area contributed by atoms with Crippen molar-refractivity contribution >= 4 is 40.6 Å². The minimum atomic E-state index is -0.470. The molecular formula is C16H10ClFN2O2S. The first-order chi connectivity index (χ1) is 11.0. The van der Waals surface area contributed by atoms with E-state index in [1.165, 1.54) is 12.1 Å². The molecule has 3 rings (SSSR count). The second kappa shape index (κ2) is 6.52. The van der Waals surface area contributed by atoms with Crippen LogP contribution in [0.25, 0.3) is 6.08 Å². The molecule has 0 unspecified atom stereocenters. The molecule has 23 heavy (non-hydrogen) atoms. The van der Waals surface area contributed by atoms with E-state index in [9.17, 15) is 14.0 Å². The summed E-state index contributed by atoms with van der Waals surface area (Å²) in [6.45, 7) is 0.00331. The Morgan fingerprint density at radius 3 is 2.78 bits per heavy atom. The predicted molar refractivity (Wildman–Crippen MR) is 87.2 cm³/mol. The molecule has 1 saturated heterocycles. The Morgan fingerprint density at radius 2 is 2.09 bits per heavy atom. The first-order valence-corrected chi connectivity index (χ1v) is 7.84. The molecule has 116 valence electrons. The lowest BCUT2D eigenvalue weighted by Crippen LogP contribution is -2.27. The third kappa shape index (κ3) is 3.43. The number of halogens is 2. The van der Waals surface area contributed by atoms with Crippen LogP contribution in [0, 0.1) is 5.82 Å². The van der Waals surface area contributed by atoms with Gasteiger partial charge in [0, 0.05) is 11.2 Å². The van der Waals surface area contributed by atoms with E-state index in [4.69, 9.17) is 11.6 Å². The van der Waals surface area contributed by atoms with Crippen molar-refractivity contribution in [3.63, 3.8) is 0 Å². The van der Waals surface area contributed by atoms with E-state index in [0.29, 0.717) is 16.2 Å². The van der Waals surface area contributed by atoms with Gasteiger partial charge in [0.1, 0.15) is 5.82 Å². The predicted octanol–water partition coefficient (Wildman–Crippen LogP) is 4.11. The molecule has 7 heteroatoms. The highest BCUT2D eigenvalue weighted by atomic mass is 35.5. The van der Waals surface area contributed by atoms with E-state index >= 15 is 0 Å². The zero-order valence-electron chi connectivity index (χ0n) is 11.7. The first kappa shape index (κ1) is 15.7. The molecule has 0 atom stereocenters. The average molecular weight is 349 g/mol. The number of hydrogen-bond donors (Lipinski definition) is 0. The number of aromatic nitrogens is 1. The normalized spacial score (nSPS) is 16.4. The van der Waals surface area contributed by atoms with Crippen LogP contribution >= 0.6 is 23.4 Å². The smallest absolute Gasteiger partial charge is 0.268 e. The van der Waals surface area contributed by atoms with E-state index in [0.717, 1.165) is 22.7 Å². The fraction of sp³-hybridized carbons (Fsp3) is 0.0625. The van der Waals surface area contributed by atoms with Crippen molar-refractivity contribution in [2.24, 2.45) is 0 Å². The van der Waals surface area contributed by atoms with Crippen molar-refractivity contribution in [1.82, 2.24) is 9.88 Å². The van der Waals surface area contributed by atoms with Crippen LogP contribution in [0.1, 0.15) is 11.3 Å². The molecule has 0 saturated carbocycles.